The van der Waals surface area contributed by atoms with Crippen LogP contribution in [-0.2, 0) is 14.2 Å². The molecular formula is C16H34O4. The van der Waals surface area contributed by atoms with Gasteiger partial charge in [-0.25, -0.2) is 0 Å². The van der Waals surface area contributed by atoms with Crippen molar-refractivity contribution in [3.05, 3.63) is 0 Å². The number of unbranched alkanes of at least 4 members (excludes halogenated alkanes) is 6. The van der Waals surface area contributed by atoms with Crippen molar-refractivity contribution in [2.75, 3.05) is 46.2 Å². The molecule has 122 valence electrons. The monoisotopic (exact) mass is 292 g/mol. The van der Waals surface area contributed by atoms with Gasteiger partial charge in [-0.05, 0) is 6.42 Å². The van der Waals surface area contributed by atoms with Gasteiger partial charge in [0.1, 0.15) is 0 Å². The van der Waals surface area contributed by atoms with E-state index >= 15 is 0 Å². The van der Waals surface area contributed by atoms with Crippen LogP contribution in [0.15, 0.2) is 0 Å². The molecule has 0 unspecified atom stereocenters. The maximum Gasteiger partial charge on any atom is 0.0701 e. The Morgan fingerprint density at radius 1 is 0.700 bits per heavy atom. The summed E-state index contributed by atoms with van der Waals surface area (Å²) in [6.07, 6.45) is 8.68. The lowest BCUT2D eigenvalue weighted by Crippen LogP contribution is -2.11. The van der Waals surface area contributed by atoms with Crippen molar-refractivity contribution in [2.45, 2.75) is 58.3 Å². The minimum absolute atomic E-state index is 0.0158. The van der Waals surface area contributed by atoms with Crippen LogP contribution >= 0.6 is 0 Å². The van der Waals surface area contributed by atoms with Gasteiger partial charge in [0.25, 0.3) is 0 Å². The highest BCUT2D eigenvalue weighted by Gasteiger charge is 1.93. The van der Waals surface area contributed by atoms with Gasteiger partial charge in [-0.3, -0.25) is 0 Å². The summed E-state index contributed by atoms with van der Waals surface area (Å²) < 4.78 is 31.1. The second-order valence-corrected chi connectivity index (χ2v) is 4.81. The average molecular weight is 292 g/mol. The van der Waals surface area contributed by atoms with E-state index < -0.39 is 6.56 Å². The van der Waals surface area contributed by atoms with Gasteiger partial charge in [-0.1, -0.05) is 51.9 Å². The van der Waals surface area contributed by atoms with Gasteiger partial charge >= 0.3 is 0 Å². The summed E-state index contributed by atoms with van der Waals surface area (Å²) in [6, 6.07) is 0. The van der Waals surface area contributed by atoms with Crippen LogP contribution < -0.4 is 0 Å². The molecule has 0 aromatic rings. The zero-order valence-corrected chi connectivity index (χ0v) is 13.1. The molecule has 1 N–H and O–H groups in total. The van der Waals surface area contributed by atoms with Crippen LogP contribution in [0.5, 0.6) is 0 Å². The van der Waals surface area contributed by atoms with Crippen LogP contribution in [0.25, 0.3) is 0 Å². The molecule has 4 nitrogen and oxygen atoms in total. The van der Waals surface area contributed by atoms with Crippen molar-refractivity contribution in [3.63, 3.8) is 0 Å². The van der Waals surface area contributed by atoms with Gasteiger partial charge in [-0.15, -0.1) is 0 Å². The lowest BCUT2D eigenvalue weighted by molar-refractivity contribution is 0.00719. The number of aliphatic hydroxyl groups excluding tert-OH is 1. The average Bonchev–Trinajstić information content (AvgIpc) is 2.49. The predicted molar refractivity (Wildman–Crippen MR) is 82.2 cm³/mol. The molecule has 0 bridgehead atoms. The molecule has 0 radical (unpaired) electrons. The van der Waals surface area contributed by atoms with Gasteiger partial charge in [0, 0.05) is 6.56 Å². The van der Waals surface area contributed by atoms with E-state index in [-0.39, 0.29) is 13.2 Å². The highest BCUT2D eigenvalue weighted by Crippen LogP contribution is 2.08. The number of hydrogen-bond donors (Lipinski definition) is 1. The predicted octanol–water partition coefficient (Wildman–Crippen LogP) is 3.17. The first kappa shape index (κ1) is 16.2. The Morgan fingerprint density at radius 2 is 1.20 bits per heavy atom. The first-order valence-corrected chi connectivity index (χ1v) is 8.02. The molecule has 0 aromatic carbocycles. The Morgan fingerprint density at radius 3 is 1.80 bits per heavy atom. The number of rotatable bonds is 17. The summed E-state index contributed by atoms with van der Waals surface area (Å²) >= 11 is 0. The molecule has 0 atom stereocenters. The molecule has 0 amide bonds. The third-order valence-corrected chi connectivity index (χ3v) is 2.92. The van der Waals surface area contributed by atoms with Crippen molar-refractivity contribution in [1.82, 2.24) is 0 Å². The van der Waals surface area contributed by atoms with E-state index in [1.54, 1.807) is 0 Å². The van der Waals surface area contributed by atoms with Crippen molar-refractivity contribution in [3.8, 4) is 0 Å². The van der Waals surface area contributed by atoms with E-state index in [4.69, 9.17) is 22.1 Å². The molecule has 0 heterocycles. The zero-order chi connectivity index (χ0) is 16.5. The summed E-state index contributed by atoms with van der Waals surface area (Å²) in [4.78, 5) is 0. The van der Waals surface area contributed by atoms with E-state index in [0.29, 0.717) is 32.8 Å². The fraction of sp³-hybridized carbons (Fsp3) is 1.00. The highest BCUT2D eigenvalue weighted by atomic mass is 16.5. The van der Waals surface area contributed by atoms with Crippen molar-refractivity contribution in [2.24, 2.45) is 0 Å². The van der Waals surface area contributed by atoms with E-state index in [1.807, 2.05) is 0 Å². The normalized spacial score (nSPS) is 13.3. The lowest BCUT2D eigenvalue weighted by atomic mass is 10.1. The number of hydrogen-bond acceptors (Lipinski definition) is 4. The first-order chi connectivity index (χ1) is 10.6. The van der Waals surface area contributed by atoms with Crippen LogP contribution in [0.2, 0.25) is 0 Å². The van der Waals surface area contributed by atoms with Crippen molar-refractivity contribution in [1.29, 1.82) is 0 Å². The summed E-state index contributed by atoms with van der Waals surface area (Å²) in [5.74, 6) is 0. The summed E-state index contributed by atoms with van der Waals surface area (Å²) in [5.41, 5.74) is 0. The molecular weight excluding hydrogens is 256 g/mol. The van der Waals surface area contributed by atoms with Crippen LogP contribution in [0, 0.1) is 0 Å². The second kappa shape index (κ2) is 18.8. The third-order valence-electron chi connectivity index (χ3n) is 2.92. The fourth-order valence-corrected chi connectivity index (χ4v) is 1.79. The molecule has 0 aliphatic rings. The quantitative estimate of drug-likeness (QED) is 0.418. The first-order valence-electron chi connectivity index (χ1n) is 9.02. The Labute approximate surface area is 127 Å². The van der Waals surface area contributed by atoms with Crippen LogP contribution in [0.4, 0.5) is 0 Å². The summed E-state index contributed by atoms with van der Waals surface area (Å²) in [6.45, 7) is 2.47. The van der Waals surface area contributed by atoms with Gasteiger partial charge in [0.05, 0.1) is 42.4 Å². The number of aliphatic hydroxyl groups is 1. The smallest absolute Gasteiger partial charge is 0.0701 e. The van der Waals surface area contributed by atoms with Gasteiger partial charge in [-0.2, -0.15) is 0 Å². The molecule has 0 saturated carbocycles. The Kier molecular flexibility index (Phi) is 15.3. The highest BCUT2D eigenvalue weighted by molar-refractivity contribution is 4.45. The van der Waals surface area contributed by atoms with Gasteiger partial charge < -0.3 is 19.3 Å². The standard InChI is InChI=1S/C16H34O4/c1-2-3-4-5-6-7-8-9-11-18-13-15-20-16-14-19-12-10-17/h17H,2-16H2,1H3/i11D2. The van der Waals surface area contributed by atoms with Gasteiger partial charge in [0.15, 0.2) is 0 Å². The van der Waals surface area contributed by atoms with E-state index in [1.165, 1.54) is 32.1 Å². The molecule has 0 aromatic heterocycles. The maximum atomic E-state index is 8.51. The Balaban J connectivity index is 3.34. The molecule has 0 aliphatic heterocycles. The zero-order valence-electron chi connectivity index (χ0n) is 15.1. The van der Waals surface area contributed by atoms with Crippen LogP contribution in [-0.4, -0.2) is 51.3 Å². The van der Waals surface area contributed by atoms with E-state index in [9.17, 15) is 0 Å². The second-order valence-electron chi connectivity index (χ2n) is 4.81. The minimum Gasteiger partial charge on any atom is -0.394 e. The summed E-state index contributed by atoms with van der Waals surface area (Å²) in [7, 11) is 0. The fourth-order valence-electron chi connectivity index (χ4n) is 1.79. The van der Waals surface area contributed by atoms with Crippen molar-refractivity contribution < 1.29 is 22.1 Å². The molecule has 0 saturated heterocycles. The molecule has 20 heavy (non-hydrogen) atoms. The SMILES string of the molecule is [2H]C([2H])(CCCCCCCCC)OCCOCCOCCO. The Bertz CT molecular complexity index is 228. The third kappa shape index (κ3) is 17.8. The van der Waals surface area contributed by atoms with E-state index in [0.717, 1.165) is 12.8 Å². The molecule has 4 heteroatoms. The Hall–Kier alpha value is -0.160. The lowest BCUT2D eigenvalue weighted by Gasteiger charge is -2.06. The maximum absolute atomic E-state index is 8.51. The molecule has 0 rings (SSSR count). The summed E-state index contributed by atoms with van der Waals surface area (Å²) in [5, 5.41) is 8.51. The topological polar surface area (TPSA) is 47.9 Å². The van der Waals surface area contributed by atoms with Gasteiger partial charge in [0.2, 0.25) is 0 Å². The molecule has 0 aliphatic carbocycles. The van der Waals surface area contributed by atoms with E-state index in [2.05, 4.69) is 6.92 Å². The molecule has 0 fully saturated rings. The minimum atomic E-state index is -1.56. The largest absolute Gasteiger partial charge is 0.394 e. The molecule has 0 spiro atoms. The number of ether oxygens (including phenoxy) is 3. The van der Waals surface area contributed by atoms with Crippen molar-refractivity contribution >= 4 is 0 Å². The van der Waals surface area contributed by atoms with Crippen LogP contribution in [0.3, 0.4) is 0 Å². The van der Waals surface area contributed by atoms with Crippen LogP contribution in [0.1, 0.15) is 61.0 Å².